The van der Waals surface area contributed by atoms with E-state index < -0.39 is 0 Å². The molecule has 9 heteroatoms. The summed E-state index contributed by atoms with van der Waals surface area (Å²) in [5, 5.41) is 20.1. The molecule has 0 amide bonds. The highest BCUT2D eigenvalue weighted by molar-refractivity contribution is 6.00. The third-order valence-electron chi connectivity index (χ3n) is 7.14. The fourth-order valence-electron chi connectivity index (χ4n) is 5.14. The Morgan fingerprint density at radius 2 is 1.42 bits per heavy atom. The highest BCUT2D eigenvalue weighted by atomic mass is 16.6. The normalized spacial score (nSPS) is 17.5. The number of aromatic nitrogens is 2. The fourth-order valence-corrected chi connectivity index (χ4v) is 5.14. The van der Waals surface area contributed by atoms with Crippen molar-refractivity contribution < 1.29 is 9.55 Å². The maximum Gasteiger partial charge on any atom is 0.323 e. The zero-order chi connectivity index (χ0) is 22.9. The molecule has 0 radical (unpaired) electrons. The zero-order valence-electron chi connectivity index (χ0n) is 19.3. The van der Waals surface area contributed by atoms with Gasteiger partial charge in [-0.25, -0.2) is 4.63 Å². The van der Waals surface area contributed by atoms with Gasteiger partial charge in [-0.15, -0.1) is 0 Å². The van der Waals surface area contributed by atoms with E-state index in [2.05, 4.69) is 57.1 Å². The Labute approximate surface area is 193 Å². The molecule has 0 spiro atoms. The molecule has 33 heavy (non-hydrogen) atoms. The van der Waals surface area contributed by atoms with Crippen molar-refractivity contribution in [1.29, 1.82) is 0 Å². The minimum atomic E-state index is -0.338. The molecular weight excluding hydrogens is 420 g/mol. The third-order valence-corrected chi connectivity index (χ3v) is 7.14. The lowest BCUT2D eigenvalue weighted by atomic mass is 10.1. The Morgan fingerprint density at radius 1 is 0.818 bits per heavy atom. The van der Waals surface area contributed by atoms with E-state index in [4.69, 9.17) is 4.63 Å². The van der Waals surface area contributed by atoms with Crippen molar-refractivity contribution in [3.8, 4) is 0 Å². The zero-order valence-corrected chi connectivity index (χ0v) is 19.3. The van der Waals surface area contributed by atoms with Crippen LogP contribution in [0.1, 0.15) is 36.8 Å². The molecule has 0 aliphatic carbocycles. The number of fused-ring (bicyclic) bond motifs is 1. The van der Waals surface area contributed by atoms with Crippen molar-refractivity contribution >= 4 is 33.8 Å². The minimum absolute atomic E-state index is 0.00548. The standard InChI is InChI=1S/C24H30N6O3/c1-17-8-7-9-19(18(17)2)28-12-14-29(15-13-28)20-16-21(27-10-5-3-4-6-11-27)24(30(31)32)23-22(20)25-33-26-23/h7-9,16H,3-6,10-15H2,1-2H3. The number of nitro groups is 1. The molecule has 2 saturated heterocycles. The lowest BCUT2D eigenvalue weighted by Crippen LogP contribution is -2.47. The first-order chi connectivity index (χ1) is 16.0. The molecule has 0 bridgehead atoms. The first-order valence-corrected chi connectivity index (χ1v) is 11.8. The van der Waals surface area contributed by atoms with Gasteiger partial charge >= 0.3 is 5.69 Å². The number of nitro benzene ring substituents is 1. The molecule has 0 unspecified atom stereocenters. The fraction of sp³-hybridized carbons (Fsp3) is 0.500. The van der Waals surface area contributed by atoms with Crippen LogP contribution in [0.4, 0.5) is 22.7 Å². The average Bonchev–Trinajstić information content (AvgIpc) is 3.14. The molecule has 0 saturated carbocycles. The van der Waals surface area contributed by atoms with Gasteiger partial charge in [0, 0.05) is 45.0 Å². The number of hydrogen-bond acceptors (Lipinski definition) is 8. The van der Waals surface area contributed by atoms with E-state index in [1.807, 2.05) is 6.07 Å². The van der Waals surface area contributed by atoms with E-state index in [0.29, 0.717) is 11.2 Å². The Balaban J connectivity index is 1.48. The van der Waals surface area contributed by atoms with Gasteiger partial charge in [0.05, 0.1) is 10.6 Å². The highest BCUT2D eigenvalue weighted by Crippen LogP contribution is 2.41. The van der Waals surface area contributed by atoms with Crippen molar-refractivity contribution in [2.24, 2.45) is 0 Å². The van der Waals surface area contributed by atoms with Gasteiger partial charge in [-0.05, 0) is 60.3 Å². The van der Waals surface area contributed by atoms with E-state index >= 15 is 0 Å². The Morgan fingerprint density at radius 3 is 2.09 bits per heavy atom. The molecule has 3 aromatic rings. The van der Waals surface area contributed by atoms with Crippen molar-refractivity contribution in [3.05, 3.63) is 45.5 Å². The lowest BCUT2D eigenvalue weighted by molar-refractivity contribution is -0.382. The van der Waals surface area contributed by atoms with Gasteiger partial charge in [-0.1, -0.05) is 25.0 Å². The summed E-state index contributed by atoms with van der Waals surface area (Å²) < 4.78 is 5.01. The first-order valence-electron chi connectivity index (χ1n) is 11.8. The SMILES string of the molecule is Cc1cccc(N2CCN(c3cc(N4CCCCCC4)c([N+](=O)[O-])c4nonc34)CC2)c1C. The largest absolute Gasteiger partial charge is 0.368 e. The topological polar surface area (TPSA) is 91.8 Å². The van der Waals surface area contributed by atoms with Gasteiger partial charge in [0.1, 0.15) is 5.69 Å². The second kappa shape index (κ2) is 8.88. The van der Waals surface area contributed by atoms with E-state index in [1.165, 1.54) is 16.8 Å². The maximum atomic E-state index is 12.1. The summed E-state index contributed by atoms with van der Waals surface area (Å²) >= 11 is 0. The monoisotopic (exact) mass is 450 g/mol. The van der Waals surface area contributed by atoms with E-state index in [9.17, 15) is 10.1 Å². The number of anilines is 3. The second-order valence-electron chi connectivity index (χ2n) is 9.08. The van der Waals surface area contributed by atoms with E-state index in [-0.39, 0.29) is 16.1 Å². The van der Waals surface area contributed by atoms with Crippen LogP contribution >= 0.6 is 0 Å². The predicted octanol–water partition coefficient (Wildman–Crippen LogP) is 4.45. The quantitative estimate of drug-likeness (QED) is 0.425. The summed E-state index contributed by atoms with van der Waals surface area (Å²) in [4.78, 5) is 18.5. The molecule has 9 nitrogen and oxygen atoms in total. The minimum Gasteiger partial charge on any atom is -0.368 e. The first kappa shape index (κ1) is 21.5. The van der Waals surface area contributed by atoms with Crippen LogP contribution in [0.5, 0.6) is 0 Å². The smallest absolute Gasteiger partial charge is 0.323 e. The molecule has 3 heterocycles. The third kappa shape index (κ3) is 3.96. The predicted molar refractivity (Wildman–Crippen MR) is 129 cm³/mol. The molecule has 5 rings (SSSR count). The van der Waals surface area contributed by atoms with Crippen LogP contribution in [0, 0.1) is 24.0 Å². The van der Waals surface area contributed by atoms with Gasteiger partial charge in [-0.2, -0.15) is 0 Å². The summed E-state index contributed by atoms with van der Waals surface area (Å²) in [6.07, 6.45) is 4.39. The molecule has 0 N–H and O–H groups in total. The summed E-state index contributed by atoms with van der Waals surface area (Å²) in [6.45, 7) is 9.28. The Kier molecular flexibility index (Phi) is 5.78. The van der Waals surface area contributed by atoms with Crippen molar-refractivity contribution in [2.45, 2.75) is 39.5 Å². The molecule has 2 aliphatic heterocycles. The number of nitrogens with zero attached hydrogens (tertiary/aromatic N) is 6. The van der Waals surface area contributed by atoms with Crippen LogP contribution in [0.15, 0.2) is 28.9 Å². The average molecular weight is 451 g/mol. The second-order valence-corrected chi connectivity index (χ2v) is 9.08. The van der Waals surface area contributed by atoms with Crippen molar-refractivity contribution in [2.75, 3.05) is 54.0 Å². The molecular formula is C24H30N6O3. The molecule has 2 fully saturated rings. The number of aryl methyl sites for hydroxylation is 1. The van der Waals surface area contributed by atoms with Crippen LogP contribution in [-0.2, 0) is 0 Å². The van der Waals surface area contributed by atoms with Crippen LogP contribution in [-0.4, -0.2) is 54.5 Å². The molecule has 2 aliphatic rings. The van der Waals surface area contributed by atoms with Crippen LogP contribution in [0.3, 0.4) is 0 Å². The van der Waals surface area contributed by atoms with Gasteiger partial charge in [0.2, 0.25) is 5.52 Å². The van der Waals surface area contributed by atoms with Crippen molar-refractivity contribution in [3.63, 3.8) is 0 Å². The Bertz CT molecular complexity index is 1160. The molecule has 0 atom stereocenters. The summed E-state index contributed by atoms with van der Waals surface area (Å²) in [5.41, 5.74) is 6.11. The van der Waals surface area contributed by atoms with Crippen LogP contribution < -0.4 is 14.7 Å². The summed E-state index contributed by atoms with van der Waals surface area (Å²) in [7, 11) is 0. The van der Waals surface area contributed by atoms with E-state index in [0.717, 1.165) is 70.6 Å². The van der Waals surface area contributed by atoms with Crippen LogP contribution in [0.25, 0.3) is 11.0 Å². The highest BCUT2D eigenvalue weighted by Gasteiger charge is 2.31. The van der Waals surface area contributed by atoms with Gasteiger partial charge in [0.25, 0.3) is 0 Å². The molecule has 1 aromatic heterocycles. The van der Waals surface area contributed by atoms with Crippen molar-refractivity contribution in [1.82, 2.24) is 10.3 Å². The maximum absolute atomic E-state index is 12.1. The van der Waals surface area contributed by atoms with Gasteiger partial charge in [0.15, 0.2) is 5.52 Å². The van der Waals surface area contributed by atoms with E-state index in [1.54, 1.807) is 0 Å². The lowest BCUT2D eigenvalue weighted by Gasteiger charge is -2.38. The molecule has 2 aromatic carbocycles. The van der Waals surface area contributed by atoms with Gasteiger partial charge in [-0.3, -0.25) is 10.1 Å². The van der Waals surface area contributed by atoms with Crippen LogP contribution in [0.2, 0.25) is 0 Å². The molecule has 174 valence electrons. The number of piperazine rings is 1. The summed E-state index contributed by atoms with van der Waals surface area (Å²) in [5.74, 6) is 0. The number of benzene rings is 2. The number of hydrogen-bond donors (Lipinski definition) is 0. The Hall–Kier alpha value is -3.36. The van der Waals surface area contributed by atoms with Gasteiger partial charge < -0.3 is 14.7 Å². The number of rotatable bonds is 4. The summed E-state index contributed by atoms with van der Waals surface area (Å²) in [6, 6.07) is 8.38.